The summed E-state index contributed by atoms with van der Waals surface area (Å²) in [6.45, 7) is 8.75. The van der Waals surface area contributed by atoms with E-state index < -0.39 is 0 Å². The molecule has 150 valence electrons. The van der Waals surface area contributed by atoms with Crippen LogP contribution in [0.5, 0.6) is 5.75 Å². The first-order valence-corrected chi connectivity index (χ1v) is 9.57. The van der Waals surface area contributed by atoms with Crippen molar-refractivity contribution in [1.29, 1.82) is 0 Å². The molecule has 0 saturated carbocycles. The van der Waals surface area contributed by atoms with Gasteiger partial charge in [0.1, 0.15) is 18.9 Å². The van der Waals surface area contributed by atoms with E-state index in [2.05, 4.69) is 59.1 Å². The van der Waals surface area contributed by atoms with Crippen LogP contribution in [0.15, 0.2) is 54.6 Å². The summed E-state index contributed by atoms with van der Waals surface area (Å²) in [7, 11) is 4.43. The largest absolute Gasteiger partial charge is 1.00 e. The van der Waals surface area contributed by atoms with Gasteiger partial charge in [0.2, 0.25) is 0 Å². The third-order valence-corrected chi connectivity index (χ3v) is 4.70. The average Bonchev–Trinajstić information content (AvgIpc) is 2.60. The normalized spacial score (nSPS) is 12.5. The molecule has 2 aromatic rings. The van der Waals surface area contributed by atoms with Crippen molar-refractivity contribution in [3.05, 3.63) is 65.7 Å². The van der Waals surface area contributed by atoms with Gasteiger partial charge in [0, 0.05) is 12.5 Å². The van der Waals surface area contributed by atoms with Crippen molar-refractivity contribution in [1.82, 2.24) is 0 Å². The van der Waals surface area contributed by atoms with Crippen molar-refractivity contribution in [2.45, 2.75) is 40.0 Å². The molecule has 1 unspecified atom stereocenters. The summed E-state index contributed by atoms with van der Waals surface area (Å²) >= 11 is 0. The zero-order valence-electron chi connectivity index (χ0n) is 17.3. The van der Waals surface area contributed by atoms with Crippen molar-refractivity contribution >= 4 is 0 Å². The van der Waals surface area contributed by atoms with Crippen LogP contribution in [0, 0.1) is 5.92 Å². The summed E-state index contributed by atoms with van der Waals surface area (Å²) < 4.78 is 12.5. The van der Waals surface area contributed by atoms with E-state index in [0.29, 0.717) is 19.1 Å². The molecule has 2 rings (SSSR count). The molecule has 0 N–H and O–H groups in total. The van der Waals surface area contributed by atoms with Gasteiger partial charge in [-0.3, -0.25) is 4.48 Å². The Morgan fingerprint density at radius 2 is 1.41 bits per heavy atom. The molecule has 27 heavy (non-hydrogen) atoms. The second-order valence-electron chi connectivity index (χ2n) is 7.98. The molecule has 0 fully saturated rings. The highest BCUT2D eigenvalue weighted by atomic mass is 35.5. The Morgan fingerprint density at radius 3 is 2.00 bits per heavy atom. The van der Waals surface area contributed by atoms with Crippen LogP contribution in [0.2, 0.25) is 0 Å². The van der Waals surface area contributed by atoms with Gasteiger partial charge in [0.25, 0.3) is 0 Å². The van der Waals surface area contributed by atoms with Crippen molar-refractivity contribution < 1.29 is 26.4 Å². The number of nitrogens with zero attached hydrogens (tertiary/aromatic N) is 1. The highest BCUT2D eigenvalue weighted by Gasteiger charge is 2.25. The molecule has 3 nitrogen and oxygen atoms in total. The number of ether oxygens (including phenoxy) is 2. The van der Waals surface area contributed by atoms with E-state index in [1.54, 1.807) is 0 Å². The Morgan fingerprint density at radius 1 is 0.815 bits per heavy atom. The molecule has 1 atom stereocenters. The van der Waals surface area contributed by atoms with Crippen LogP contribution >= 0.6 is 0 Å². The van der Waals surface area contributed by atoms with Crippen LogP contribution in [0.3, 0.4) is 0 Å². The van der Waals surface area contributed by atoms with Gasteiger partial charge in [0.15, 0.2) is 6.23 Å². The maximum atomic E-state index is 6.02. The Labute approximate surface area is 171 Å². The van der Waals surface area contributed by atoms with Crippen LogP contribution in [-0.2, 0) is 17.7 Å². The summed E-state index contributed by atoms with van der Waals surface area (Å²) in [5.74, 6) is 1.58. The first kappa shape index (κ1) is 23.5. The lowest BCUT2D eigenvalue weighted by molar-refractivity contribution is -0.947. The van der Waals surface area contributed by atoms with Gasteiger partial charge in [-0.05, 0) is 30.0 Å². The molecule has 4 heteroatoms. The van der Waals surface area contributed by atoms with Gasteiger partial charge < -0.3 is 21.9 Å². The van der Waals surface area contributed by atoms with Gasteiger partial charge in [-0.25, -0.2) is 0 Å². The van der Waals surface area contributed by atoms with Crippen LogP contribution < -0.4 is 17.1 Å². The highest BCUT2D eigenvalue weighted by Crippen LogP contribution is 2.17. The van der Waals surface area contributed by atoms with Crippen LogP contribution in [0.4, 0.5) is 0 Å². The van der Waals surface area contributed by atoms with Gasteiger partial charge in [-0.2, -0.15) is 0 Å². The third-order valence-electron chi connectivity index (χ3n) is 4.70. The molecule has 2 aromatic carbocycles. The number of benzene rings is 2. The molecule has 0 aromatic heterocycles. The number of quaternary nitrogens is 1. The summed E-state index contributed by atoms with van der Waals surface area (Å²) in [5.41, 5.74) is 2.76. The Kier molecular flexibility index (Phi) is 9.86. The van der Waals surface area contributed by atoms with E-state index in [4.69, 9.17) is 9.47 Å². The van der Waals surface area contributed by atoms with E-state index in [0.717, 1.165) is 23.2 Å². The predicted molar refractivity (Wildman–Crippen MR) is 108 cm³/mol. The molecular formula is C23H34ClNO2. The average molecular weight is 392 g/mol. The van der Waals surface area contributed by atoms with Crippen LogP contribution in [-0.4, -0.2) is 38.0 Å². The van der Waals surface area contributed by atoms with E-state index in [9.17, 15) is 0 Å². The van der Waals surface area contributed by atoms with E-state index in [1.807, 2.05) is 30.3 Å². The summed E-state index contributed by atoms with van der Waals surface area (Å²) in [6, 6.07) is 18.9. The van der Waals surface area contributed by atoms with E-state index in [1.165, 1.54) is 11.1 Å². The quantitative estimate of drug-likeness (QED) is 0.350. The van der Waals surface area contributed by atoms with Gasteiger partial charge >= 0.3 is 0 Å². The van der Waals surface area contributed by atoms with Crippen LogP contribution in [0.1, 0.15) is 31.9 Å². The Balaban J connectivity index is 0.00000364. The molecule has 0 bridgehead atoms. The molecule has 0 aliphatic rings. The van der Waals surface area contributed by atoms with E-state index >= 15 is 0 Å². The van der Waals surface area contributed by atoms with Gasteiger partial charge in [-0.1, -0.05) is 56.3 Å². The lowest BCUT2D eigenvalue weighted by Gasteiger charge is -2.35. The number of halogens is 1. The van der Waals surface area contributed by atoms with E-state index in [-0.39, 0.29) is 18.6 Å². The fraction of sp³-hybridized carbons (Fsp3) is 0.478. The predicted octanol–water partition coefficient (Wildman–Crippen LogP) is 1.91. The fourth-order valence-electron chi connectivity index (χ4n) is 2.95. The zero-order chi connectivity index (χ0) is 19.0. The zero-order valence-corrected chi connectivity index (χ0v) is 18.1. The molecule has 0 radical (unpaired) electrons. The summed E-state index contributed by atoms with van der Waals surface area (Å²) in [4.78, 5) is 0. The summed E-state index contributed by atoms with van der Waals surface area (Å²) in [6.07, 6.45) is 1.24. The summed E-state index contributed by atoms with van der Waals surface area (Å²) in [5, 5.41) is 0. The number of rotatable bonds is 10. The molecular weight excluding hydrogens is 358 g/mol. The Hall–Kier alpha value is -1.55. The second kappa shape index (κ2) is 11.3. The number of hydrogen-bond acceptors (Lipinski definition) is 2. The number of hydrogen-bond donors (Lipinski definition) is 0. The van der Waals surface area contributed by atoms with Crippen molar-refractivity contribution in [3.8, 4) is 5.75 Å². The molecule has 0 aliphatic heterocycles. The van der Waals surface area contributed by atoms with Gasteiger partial charge in [0.05, 0.1) is 20.7 Å². The highest BCUT2D eigenvalue weighted by molar-refractivity contribution is 5.22. The Bertz CT molecular complexity index is 641. The van der Waals surface area contributed by atoms with Crippen LogP contribution in [0.25, 0.3) is 0 Å². The maximum Gasteiger partial charge on any atom is 0.190 e. The van der Waals surface area contributed by atoms with Crippen molar-refractivity contribution in [2.24, 2.45) is 5.92 Å². The van der Waals surface area contributed by atoms with Crippen molar-refractivity contribution in [2.75, 3.05) is 27.3 Å². The SMILES string of the molecule is CC(C)Cc1ccc(C[N+](C)(C)C(C)OCCOc2ccccc2)cc1.[Cl-]. The number of para-hydroxylation sites is 1. The first-order valence-electron chi connectivity index (χ1n) is 9.57. The monoisotopic (exact) mass is 391 g/mol. The second-order valence-corrected chi connectivity index (χ2v) is 7.98. The van der Waals surface area contributed by atoms with Gasteiger partial charge in [-0.15, -0.1) is 0 Å². The minimum atomic E-state index is 0. The molecule has 0 amide bonds. The van der Waals surface area contributed by atoms with Crippen molar-refractivity contribution in [3.63, 3.8) is 0 Å². The lowest BCUT2D eigenvalue weighted by Crippen LogP contribution is -3.00. The fourth-order valence-corrected chi connectivity index (χ4v) is 2.95. The topological polar surface area (TPSA) is 18.5 Å². The first-order chi connectivity index (χ1) is 12.4. The molecule has 0 aliphatic carbocycles. The molecule has 0 saturated heterocycles. The minimum absolute atomic E-state index is 0. The minimum Gasteiger partial charge on any atom is -1.00 e. The third kappa shape index (κ3) is 8.34. The smallest absolute Gasteiger partial charge is 0.190 e. The molecule has 0 spiro atoms. The lowest BCUT2D eigenvalue weighted by atomic mass is 10.0. The standard InChI is InChI=1S/C23H34NO2.ClH/c1-19(2)17-21-11-13-22(14-12-21)18-24(4,5)20(3)25-15-16-26-23-9-7-6-8-10-23;/h6-14,19-20H,15-18H2,1-5H3;1H/q+1;/p-1. The molecule has 0 heterocycles. The maximum absolute atomic E-state index is 6.02.